The number of hydrogen-bond acceptors (Lipinski definition) is 6. The largest absolute Gasteiger partial charge is 0.493 e. The Balaban J connectivity index is 1.92. The fourth-order valence-corrected chi connectivity index (χ4v) is 3.39. The van der Waals surface area contributed by atoms with E-state index in [1.165, 1.54) is 0 Å². The van der Waals surface area contributed by atoms with Gasteiger partial charge in [0.25, 0.3) is 0 Å². The number of methoxy groups -OCH3 is 1. The van der Waals surface area contributed by atoms with Crippen molar-refractivity contribution in [3.63, 3.8) is 0 Å². The molecule has 0 spiro atoms. The summed E-state index contributed by atoms with van der Waals surface area (Å²) in [6, 6.07) is 11.3. The Morgan fingerprint density at radius 1 is 1.16 bits per heavy atom. The van der Waals surface area contributed by atoms with Crippen molar-refractivity contribution < 1.29 is 28.9 Å². The number of fused-ring (bicyclic) bond motifs is 7. The SMILES string of the molecule is COc1ccc2cc1Oc1ccc(cc1)C[C@H](NC(=O)OC(C)(C)C)C(=O)N[C@H](CO)C2. The van der Waals surface area contributed by atoms with Crippen LogP contribution in [0.25, 0.3) is 0 Å². The van der Waals surface area contributed by atoms with Crippen LogP contribution in [0.4, 0.5) is 4.79 Å². The first-order valence-electron chi connectivity index (χ1n) is 10.5. The molecule has 172 valence electrons. The van der Waals surface area contributed by atoms with Gasteiger partial charge in [0.15, 0.2) is 11.5 Å². The molecule has 0 aromatic heterocycles. The molecule has 0 saturated carbocycles. The average Bonchev–Trinajstić information content (AvgIpc) is 2.72. The monoisotopic (exact) mass is 442 g/mol. The molecular weight excluding hydrogens is 412 g/mol. The molecule has 0 unspecified atom stereocenters. The van der Waals surface area contributed by atoms with Crippen LogP contribution in [0.1, 0.15) is 31.9 Å². The maximum absolute atomic E-state index is 13.0. The number of ether oxygens (including phenoxy) is 3. The predicted molar refractivity (Wildman–Crippen MR) is 119 cm³/mol. The van der Waals surface area contributed by atoms with Crippen molar-refractivity contribution in [2.45, 2.75) is 51.3 Å². The molecule has 0 radical (unpaired) electrons. The van der Waals surface area contributed by atoms with Crippen molar-refractivity contribution in [2.75, 3.05) is 13.7 Å². The maximum Gasteiger partial charge on any atom is 0.408 e. The van der Waals surface area contributed by atoms with Crippen LogP contribution >= 0.6 is 0 Å². The summed E-state index contributed by atoms with van der Waals surface area (Å²) in [6.07, 6.45) is -0.0589. The first kappa shape index (κ1) is 23.4. The highest BCUT2D eigenvalue weighted by atomic mass is 16.6. The fourth-order valence-electron chi connectivity index (χ4n) is 3.39. The second kappa shape index (κ2) is 9.91. The number of aliphatic hydroxyl groups is 1. The van der Waals surface area contributed by atoms with E-state index in [4.69, 9.17) is 14.2 Å². The summed E-state index contributed by atoms with van der Waals surface area (Å²) in [5.74, 6) is 1.33. The van der Waals surface area contributed by atoms with Crippen LogP contribution in [0.5, 0.6) is 17.2 Å². The summed E-state index contributed by atoms with van der Waals surface area (Å²) >= 11 is 0. The number of carbonyl (C=O) groups is 2. The van der Waals surface area contributed by atoms with E-state index in [1.807, 2.05) is 24.3 Å². The second-order valence-corrected chi connectivity index (χ2v) is 8.73. The zero-order chi connectivity index (χ0) is 23.3. The van der Waals surface area contributed by atoms with Gasteiger partial charge in [0.1, 0.15) is 17.4 Å². The predicted octanol–water partition coefficient (Wildman–Crippen LogP) is 2.96. The number of amides is 2. The molecule has 8 nitrogen and oxygen atoms in total. The smallest absolute Gasteiger partial charge is 0.408 e. The third kappa shape index (κ3) is 6.37. The highest BCUT2D eigenvalue weighted by molar-refractivity contribution is 5.86. The molecule has 32 heavy (non-hydrogen) atoms. The van der Waals surface area contributed by atoms with E-state index < -0.39 is 29.7 Å². The van der Waals surface area contributed by atoms with E-state index in [-0.39, 0.29) is 13.0 Å². The van der Waals surface area contributed by atoms with E-state index >= 15 is 0 Å². The van der Waals surface area contributed by atoms with Crippen LogP contribution in [0.15, 0.2) is 42.5 Å². The molecule has 2 amide bonds. The average molecular weight is 443 g/mol. The Labute approximate surface area is 187 Å². The van der Waals surface area contributed by atoms with Gasteiger partial charge in [0.2, 0.25) is 5.91 Å². The molecular formula is C24H30N2O6. The molecule has 0 saturated heterocycles. The molecule has 4 bridgehead atoms. The third-order valence-electron chi connectivity index (χ3n) is 4.88. The summed E-state index contributed by atoms with van der Waals surface area (Å²) in [5, 5.41) is 15.3. The zero-order valence-corrected chi connectivity index (χ0v) is 18.8. The van der Waals surface area contributed by atoms with Crippen molar-refractivity contribution in [1.29, 1.82) is 0 Å². The topological polar surface area (TPSA) is 106 Å². The summed E-state index contributed by atoms with van der Waals surface area (Å²) in [7, 11) is 1.57. The van der Waals surface area contributed by atoms with E-state index in [9.17, 15) is 14.7 Å². The number of benzene rings is 2. The van der Waals surface area contributed by atoms with Gasteiger partial charge in [0, 0.05) is 6.42 Å². The Morgan fingerprint density at radius 2 is 1.84 bits per heavy atom. The molecule has 0 fully saturated rings. The van der Waals surface area contributed by atoms with E-state index in [1.54, 1.807) is 46.1 Å². The van der Waals surface area contributed by atoms with E-state index in [0.29, 0.717) is 23.7 Å². The molecule has 2 atom stereocenters. The van der Waals surface area contributed by atoms with Crippen LogP contribution < -0.4 is 20.1 Å². The number of alkyl carbamates (subject to hydrolysis) is 1. The highest BCUT2D eigenvalue weighted by Crippen LogP contribution is 2.33. The molecule has 8 heteroatoms. The summed E-state index contributed by atoms with van der Waals surface area (Å²) in [4.78, 5) is 25.4. The van der Waals surface area contributed by atoms with Gasteiger partial charge in [-0.15, -0.1) is 0 Å². The molecule has 4 rings (SSSR count). The summed E-state index contributed by atoms with van der Waals surface area (Å²) in [5.41, 5.74) is 0.984. The number of rotatable bonds is 3. The number of carbonyl (C=O) groups excluding carboxylic acids is 2. The molecule has 2 aromatic rings. The summed E-state index contributed by atoms with van der Waals surface area (Å²) in [6.45, 7) is 5.00. The zero-order valence-electron chi connectivity index (χ0n) is 18.8. The normalized spacial score (nSPS) is 18.7. The Morgan fingerprint density at radius 3 is 2.47 bits per heavy atom. The third-order valence-corrected chi connectivity index (χ3v) is 4.88. The van der Waals surface area contributed by atoms with Gasteiger partial charge in [-0.1, -0.05) is 18.2 Å². The lowest BCUT2D eigenvalue weighted by Crippen LogP contribution is -2.52. The Bertz CT molecular complexity index is 952. The van der Waals surface area contributed by atoms with Gasteiger partial charge < -0.3 is 30.0 Å². The van der Waals surface area contributed by atoms with Gasteiger partial charge in [0.05, 0.1) is 19.8 Å². The lowest BCUT2D eigenvalue weighted by molar-refractivity contribution is -0.124. The van der Waals surface area contributed by atoms with Crippen LogP contribution in [-0.4, -0.2) is 48.5 Å². The number of nitrogens with one attached hydrogen (secondary N) is 2. The lowest BCUT2D eigenvalue weighted by Gasteiger charge is -2.25. The standard InChI is InChI=1S/C24H30N2O6/c1-24(2,3)32-23(29)26-19-12-15-5-8-18(9-6-15)31-21-13-16(7-10-20(21)30-4)11-17(14-27)25-22(19)28/h5-10,13,17,19,27H,11-12,14H2,1-4H3,(H,25,28)(H,26,29)/t17-,19-/m0/s1. The van der Waals surface area contributed by atoms with Crippen LogP contribution in [0.2, 0.25) is 0 Å². The van der Waals surface area contributed by atoms with Crippen molar-refractivity contribution in [3.05, 3.63) is 53.6 Å². The minimum atomic E-state index is -0.875. The van der Waals surface area contributed by atoms with Crippen LogP contribution in [0.3, 0.4) is 0 Å². The molecule has 2 aliphatic rings. The van der Waals surface area contributed by atoms with Gasteiger partial charge in [-0.2, -0.15) is 0 Å². The van der Waals surface area contributed by atoms with Gasteiger partial charge in [-0.3, -0.25) is 4.79 Å². The molecule has 2 heterocycles. The highest BCUT2D eigenvalue weighted by Gasteiger charge is 2.27. The quantitative estimate of drug-likeness (QED) is 0.675. The molecule has 3 N–H and O–H groups in total. The maximum atomic E-state index is 13.0. The van der Waals surface area contributed by atoms with Gasteiger partial charge in [-0.25, -0.2) is 4.79 Å². The molecule has 2 aromatic carbocycles. The van der Waals surface area contributed by atoms with Gasteiger partial charge in [-0.05, 0) is 62.6 Å². The van der Waals surface area contributed by atoms with E-state index in [0.717, 1.165) is 11.1 Å². The fraction of sp³-hybridized carbons (Fsp3) is 0.417. The lowest BCUT2D eigenvalue weighted by atomic mass is 10.0. The van der Waals surface area contributed by atoms with Crippen molar-refractivity contribution in [2.24, 2.45) is 0 Å². The second-order valence-electron chi connectivity index (χ2n) is 8.73. The van der Waals surface area contributed by atoms with Crippen LogP contribution in [0, 0.1) is 0 Å². The minimum absolute atomic E-state index is 0.248. The van der Waals surface area contributed by atoms with Crippen molar-refractivity contribution in [3.8, 4) is 17.2 Å². The van der Waals surface area contributed by atoms with Crippen LogP contribution in [-0.2, 0) is 22.4 Å². The Kier molecular flexibility index (Phi) is 7.25. The molecule has 0 aliphatic carbocycles. The van der Waals surface area contributed by atoms with Gasteiger partial charge >= 0.3 is 6.09 Å². The first-order chi connectivity index (χ1) is 15.2. The Hall–Kier alpha value is -3.26. The number of aliphatic hydroxyl groups excluding tert-OH is 1. The molecule has 2 aliphatic heterocycles. The first-order valence-corrected chi connectivity index (χ1v) is 10.5. The van der Waals surface area contributed by atoms with E-state index in [2.05, 4.69) is 10.6 Å². The summed E-state index contributed by atoms with van der Waals surface area (Å²) < 4.78 is 16.7. The number of hydrogen-bond donors (Lipinski definition) is 3. The van der Waals surface area contributed by atoms with Crippen molar-refractivity contribution in [1.82, 2.24) is 10.6 Å². The van der Waals surface area contributed by atoms with Crippen molar-refractivity contribution >= 4 is 12.0 Å². The minimum Gasteiger partial charge on any atom is -0.493 e.